The zero-order valence-electron chi connectivity index (χ0n) is 11.8. The van der Waals surface area contributed by atoms with Gasteiger partial charge >= 0.3 is 0 Å². The molecule has 1 heterocycles. The van der Waals surface area contributed by atoms with E-state index in [1.807, 2.05) is 7.05 Å². The Morgan fingerprint density at radius 2 is 2.16 bits per heavy atom. The van der Waals surface area contributed by atoms with Crippen molar-refractivity contribution in [2.45, 2.75) is 32.7 Å². The van der Waals surface area contributed by atoms with E-state index in [0.717, 1.165) is 12.8 Å². The van der Waals surface area contributed by atoms with Gasteiger partial charge in [-0.25, -0.2) is 4.98 Å². The molecule has 0 aliphatic carbocycles. The zero-order chi connectivity index (χ0) is 14.3. The van der Waals surface area contributed by atoms with Crippen molar-refractivity contribution in [1.82, 2.24) is 9.88 Å². The van der Waals surface area contributed by atoms with Crippen LogP contribution in [0.25, 0.3) is 0 Å². The van der Waals surface area contributed by atoms with E-state index in [9.17, 15) is 4.79 Å². The van der Waals surface area contributed by atoms with Gasteiger partial charge in [0.1, 0.15) is 5.69 Å². The third-order valence-electron chi connectivity index (χ3n) is 3.15. The maximum Gasteiger partial charge on any atom is 0.273 e. The van der Waals surface area contributed by atoms with Crippen LogP contribution >= 0.6 is 0 Å². The molecule has 0 aliphatic heterocycles. The number of pyridine rings is 1. The number of aromatic nitrogens is 1. The molecule has 0 saturated carbocycles. The molecule has 0 atom stereocenters. The molecule has 2 N–H and O–H groups in total. The van der Waals surface area contributed by atoms with Gasteiger partial charge in [0.25, 0.3) is 5.91 Å². The lowest BCUT2D eigenvalue weighted by Crippen LogP contribution is -2.37. The van der Waals surface area contributed by atoms with Gasteiger partial charge in [-0.1, -0.05) is 25.7 Å². The van der Waals surface area contributed by atoms with Gasteiger partial charge in [-0.05, 0) is 25.0 Å². The van der Waals surface area contributed by atoms with E-state index in [0.29, 0.717) is 11.3 Å². The summed E-state index contributed by atoms with van der Waals surface area (Å²) >= 11 is 0. The molecule has 1 aromatic rings. The van der Waals surface area contributed by atoms with E-state index in [2.05, 4.69) is 30.7 Å². The molecule has 0 spiro atoms. The molecule has 0 aromatic carbocycles. The van der Waals surface area contributed by atoms with Crippen LogP contribution in [0, 0.1) is 11.8 Å². The fraction of sp³-hybridized carbons (Fsp3) is 0.467. The third-order valence-corrected chi connectivity index (χ3v) is 3.15. The largest absolute Gasteiger partial charge is 0.337 e. The summed E-state index contributed by atoms with van der Waals surface area (Å²) in [5.41, 5.74) is 6.40. The Kier molecular flexibility index (Phi) is 6.04. The number of nitrogens with two attached hydrogens (primary N) is 1. The van der Waals surface area contributed by atoms with E-state index in [1.54, 1.807) is 23.2 Å². The van der Waals surface area contributed by atoms with E-state index >= 15 is 0 Å². The highest BCUT2D eigenvalue weighted by molar-refractivity contribution is 5.94. The van der Waals surface area contributed by atoms with Crippen molar-refractivity contribution in [3.8, 4) is 11.8 Å². The van der Waals surface area contributed by atoms with E-state index in [1.165, 1.54) is 0 Å². The minimum absolute atomic E-state index is 0.0874. The average Bonchev–Trinajstić information content (AvgIpc) is 2.45. The second-order valence-electron chi connectivity index (χ2n) is 4.29. The molecule has 0 aliphatic rings. The lowest BCUT2D eigenvalue weighted by molar-refractivity contribution is 0.0717. The summed E-state index contributed by atoms with van der Waals surface area (Å²) in [4.78, 5) is 18.4. The highest BCUT2D eigenvalue weighted by Gasteiger charge is 2.21. The molecule has 0 radical (unpaired) electrons. The minimum Gasteiger partial charge on any atom is -0.337 e. The Labute approximate surface area is 115 Å². The normalized spacial score (nSPS) is 9.95. The van der Waals surface area contributed by atoms with Crippen LogP contribution in [0.1, 0.15) is 42.7 Å². The Morgan fingerprint density at radius 1 is 1.47 bits per heavy atom. The van der Waals surface area contributed by atoms with Gasteiger partial charge in [0.05, 0.1) is 12.1 Å². The number of hydrogen-bond donors (Lipinski definition) is 1. The number of hydrogen-bond acceptors (Lipinski definition) is 3. The van der Waals surface area contributed by atoms with Crippen LogP contribution in [0.15, 0.2) is 18.3 Å². The summed E-state index contributed by atoms with van der Waals surface area (Å²) < 4.78 is 0. The molecule has 1 rings (SSSR count). The number of nitrogens with zero attached hydrogens (tertiary/aromatic N) is 2. The standard InChI is InChI=1S/C15H21N3O/c1-4-13(5-2)18(3)15(19)14-12(8-6-10-16)9-7-11-17-14/h7,9,11,13H,4-5,10,16H2,1-3H3. The number of carbonyl (C=O) groups is 1. The quantitative estimate of drug-likeness (QED) is 0.836. The van der Waals surface area contributed by atoms with Crippen molar-refractivity contribution in [3.05, 3.63) is 29.6 Å². The molecule has 19 heavy (non-hydrogen) atoms. The molecule has 4 nitrogen and oxygen atoms in total. The van der Waals surface area contributed by atoms with E-state index in [-0.39, 0.29) is 18.5 Å². The molecular weight excluding hydrogens is 238 g/mol. The molecule has 0 bridgehead atoms. The number of carbonyl (C=O) groups excluding carboxylic acids is 1. The van der Waals surface area contributed by atoms with Crippen molar-refractivity contribution in [2.24, 2.45) is 5.73 Å². The molecule has 4 heteroatoms. The second-order valence-corrected chi connectivity index (χ2v) is 4.29. The van der Waals surface area contributed by atoms with Gasteiger partial charge in [-0.3, -0.25) is 4.79 Å². The summed E-state index contributed by atoms with van der Waals surface area (Å²) in [6.07, 6.45) is 3.46. The van der Waals surface area contributed by atoms with Crippen LogP contribution in [-0.2, 0) is 0 Å². The first-order chi connectivity index (χ1) is 9.15. The predicted molar refractivity (Wildman–Crippen MR) is 76.6 cm³/mol. The van der Waals surface area contributed by atoms with Crippen LogP contribution in [0.5, 0.6) is 0 Å². The predicted octanol–water partition coefficient (Wildman–Crippen LogP) is 1.65. The smallest absolute Gasteiger partial charge is 0.273 e. The summed E-state index contributed by atoms with van der Waals surface area (Å²) in [7, 11) is 1.81. The van der Waals surface area contributed by atoms with E-state index < -0.39 is 0 Å². The van der Waals surface area contributed by atoms with Crippen LogP contribution < -0.4 is 5.73 Å². The molecule has 1 amide bonds. The van der Waals surface area contributed by atoms with Crippen LogP contribution in [0.2, 0.25) is 0 Å². The van der Waals surface area contributed by atoms with Gasteiger partial charge < -0.3 is 10.6 Å². The Balaban J connectivity index is 3.05. The lowest BCUT2D eigenvalue weighted by atomic mass is 10.1. The van der Waals surface area contributed by atoms with Gasteiger partial charge in [0.15, 0.2) is 0 Å². The maximum absolute atomic E-state index is 12.5. The molecular formula is C15H21N3O. The zero-order valence-corrected chi connectivity index (χ0v) is 11.8. The van der Waals surface area contributed by atoms with Gasteiger partial charge in [-0.2, -0.15) is 0 Å². The molecule has 1 aromatic heterocycles. The lowest BCUT2D eigenvalue weighted by Gasteiger charge is -2.26. The minimum atomic E-state index is -0.0874. The van der Waals surface area contributed by atoms with Gasteiger partial charge in [0, 0.05) is 19.3 Å². The first-order valence-corrected chi connectivity index (χ1v) is 6.56. The maximum atomic E-state index is 12.5. The number of rotatable bonds is 4. The van der Waals surface area contributed by atoms with E-state index in [4.69, 9.17) is 5.73 Å². The third kappa shape index (κ3) is 3.80. The molecule has 0 unspecified atom stereocenters. The van der Waals surface area contributed by atoms with Crippen molar-refractivity contribution < 1.29 is 4.79 Å². The SMILES string of the molecule is CCC(CC)N(C)C(=O)c1ncccc1C#CCN. The van der Waals surface area contributed by atoms with Crippen molar-refractivity contribution >= 4 is 5.91 Å². The van der Waals surface area contributed by atoms with Gasteiger partial charge in [0.2, 0.25) is 0 Å². The van der Waals surface area contributed by atoms with Crippen molar-refractivity contribution in [2.75, 3.05) is 13.6 Å². The highest BCUT2D eigenvalue weighted by atomic mass is 16.2. The fourth-order valence-electron chi connectivity index (χ4n) is 1.99. The number of amides is 1. The Bertz CT molecular complexity index is 484. The van der Waals surface area contributed by atoms with Crippen molar-refractivity contribution in [3.63, 3.8) is 0 Å². The summed E-state index contributed by atoms with van der Waals surface area (Å²) in [6, 6.07) is 3.79. The Morgan fingerprint density at radius 3 is 2.74 bits per heavy atom. The van der Waals surface area contributed by atoms with Gasteiger partial charge in [-0.15, -0.1) is 0 Å². The second kappa shape index (κ2) is 7.55. The molecule has 0 saturated heterocycles. The summed E-state index contributed by atoms with van der Waals surface area (Å²) in [5, 5.41) is 0. The average molecular weight is 259 g/mol. The molecule has 0 fully saturated rings. The highest BCUT2D eigenvalue weighted by Crippen LogP contribution is 2.12. The Hall–Kier alpha value is -1.86. The first-order valence-electron chi connectivity index (χ1n) is 6.56. The molecule has 102 valence electrons. The first kappa shape index (κ1) is 15.2. The van der Waals surface area contributed by atoms with Crippen LogP contribution in [0.4, 0.5) is 0 Å². The van der Waals surface area contributed by atoms with Crippen LogP contribution in [-0.4, -0.2) is 35.4 Å². The fourth-order valence-corrected chi connectivity index (χ4v) is 1.99. The summed E-state index contributed by atoms with van der Waals surface area (Å²) in [5.74, 6) is 5.57. The van der Waals surface area contributed by atoms with Crippen molar-refractivity contribution in [1.29, 1.82) is 0 Å². The monoisotopic (exact) mass is 259 g/mol. The topological polar surface area (TPSA) is 59.2 Å². The van der Waals surface area contributed by atoms with Crippen LogP contribution in [0.3, 0.4) is 0 Å². The summed E-state index contributed by atoms with van der Waals surface area (Å²) in [6.45, 7) is 4.42.